The van der Waals surface area contributed by atoms with Gasteiger partial charge in [0.1, 0.15) is 5.82 Å². The predicted molar refractivity (Wildman–Crippen MR) is 161 cm³/mol. The van der Waals surface area contributed by atoms with Gasteiger partial charge in [-0.15, -0.1) is 0 Å². The molecular weight excluding hydrogens is 548 g/mol. The SMILES string of the molecule is CCC(NC(C)=O)c1cc(C)c(Cl)cc1C1CCN(C(=O)C2CN(C(C)(C)C)C[C@H]2c2ccc(Cl)cc2F)CC1. The van der Waals surface area contributed by atoms with Gasteiger partial charge in [-0.05, 0) is 93.3 Å². The molecule has 0 bridgehead atoms. The molecule has 0 radical (unpaired) electrons. The molecule has 2 aromatic rings. The van der Waals surface area contributed by atoms with Gasteiger partial charge >= 0.3 is 0 Å². The number of halogens is 3. The molecule has 2 heterocycles. The monoisotopic (exact) mass is 589 g/mol. The molecule has 2 aliphatic rings. The van der Waals surface area contributed by atoms with E-state index < -0.39 is 0 Å². The van der Waals surface area contributed by atoms with E-state index in [0.717, 1.165) is 41.0 Å². The number of benzene rings is 2. The number of rotatable bonds is 6. The van der Waals surface area contributed by atoms with Gasteiger partial charge in [-0.2, -0.15) is 0 Å². The van der Waals surface area contributed by atoms with Crippen LogP contribution in [0.1, 0.15) is 94.0 Å². The van der Waals surface area contributed by atoms with E-state index in [-0.39, 0.29) is 47.0 Å². The van der Waals surface area contributed by atoms with Crippen molar-refractivity contribution in [3.8, 4) is 0 Å². The molecule has 5 nitrogen and oxygen atoms in total. The van der Waals surface area contributed by atoms with Crippen molar-refractivity contribution >= 4 is 35.0 Å². The summed E-state index contributed by atoms with van der Waals surface area (Å²) in [5, 5.41) is 4.17. The fraction of sp³-hybridized carbons (Fsp3) is 0.562. The minimum Gasteiger partial charge on any atom is -0.350 e. The number of likely N-dealkylation sites (tertiary alicyclic amines) is 2. The van der Waals surface area contributed by atoms with Crippen LogP contribution in [-0.2, 0) is 9.59 Å². The molecule has 2 fully saturated rings. The molecule has 0 aromatic heterocycles. The van der Waals surface area contributed by atoms with Crippen LogP contribution in [0.25, 0.3) is 0 Å². The molecule has 2 saturated heterocycles. The third-order valence-electron chi connectivity index (χ3n) is 8.72. The van der Waals surface area contributed by atoms with E-state index in [1.54, 1.807) is 19.1 Å². The molecule has 0 spiro atoms. The number of piperidine rings is 1. The first-order valence-electron chi connectivity index (χ1n) is 14.4. The Bertz CT molecular complexity index is 1250. The maximum Gasteiger partial charge on any atom is 0.227 e. The second-order valence-corrected chi connectivity index (χ2v) is 13.3. The normalized spacial score (nSPS) is 21.5. The van der Waals surface area contributed by atoms with Crippen LogP contribution in [0, 0.1) is 18.7 Å². The van der Waals surface area contributed by atoms with Gasteiger partial charge in [0, 0.05) is 54.6 Å². The van der Waals surface area contributed by atoms with Crippen molar-refractivity contribution in [2.45, 2.75) is 84.2 Å². The highest BCUT2D eigenvalue weighted by Gasteiger charge is 2.44. The molecule has 8 heteroatoms. The fourth-order valence-corrected chi connectivity index (χ4v) is 6.72. The van der Waals surface area contributed by atoms with Crippen molar-refractivity contribution in [1.82, 2.24) is 15.1 Å². The number of nitrogens with one attached hydrogen (secondary N) is 1. The molecular formula is C32H42Cl2FN3O2. The zero-order valence-corrected chi connectivity index (χ0v) is 26.0. The summed E-state index contributed by atoms with van der Waals surface area (Å²) in [4.78, 5) is 30.2. The Kier molecular flexibility index (Phi) is 9.53. The molecule has 2 aliphatic heterocycles. The van der Waals surface area contributed by atoms with Crippen molar-refractivity contribution in [2.75, 3.05) is 26.2 Å². The average molecular weight is 591 g/mol. The van der Waals surface area contributed by atoms with Crippen LogP contribution < -0.4 is 5.32 Å². The topological polar surface area (TPSA) is 52.7 Å². The Hall–Kier alpha value is -2.15. The Balaban J connectivity index is 1.55. The molecule has 1 N–H and O–H groups in total. The molecule has 40 heavy (non-hydrogen) atoms. The van der Waals surface area contributed by atoms with E-state index in [9.17, 15) is 9.59 Å². The number of carbonyl (C=O) groups is 2. The van der Waals surface area contributed by atoms with Gasteiger partial charge < -0.3 is 10.2 Å². The van der Waals surface area contributed by atoms with Crippen molar-refractivity contribution in [2.24, 2.45) is 5.92 Å². The van der Waals surface area contributed by atoms with Crippen LogP contribution in [0.15, 0.2) is 30.3 Å². The third-order valence-corrected chi connectivity index (χ3v) is 9.36. The summed E-state index contributed by atoms with van der Waals surface area (Å²) in [5.74, 6) is -0.626. The zero-order chi connectivity index (χ0) is 29.4. The number of amides is 2. The van der Waals surface area contributed by atoms with E-state index in [1.165, 1.54) is 6.07 Å². The molecule has 4 rings (SSSR count). The first kappa shape index (κ1) is 30.8. The van der Waals surface area contributed by atoms with Crippen molar-refractivity contribution < 1.29 is 14.0 Å². The van der Waals surface area contributed by atoms with Crippen molar-refractivity contribution in [1.29, 1.82) is 0 Å². The van der Waals surface area contributed by atoms with Gasteiger partial charge in [-0.25, -0.2) is 4.39 Å². The lowest BCUT2D eigenvalue weighted by Crippen LogP contribution is -2.44. The van der Waals surface area contributed by atoms with Gasteiger partial charge in [0.15, 0.2) is 0 Å². The van der Waals surface area contributed by atoms with Crippen LogP contribution >= 0.6 is 23.2 Å². The fourth-order valence-electron chi connectivity index (χ4n) is 6.38. The van der Waals surface area contributed by atoms with E-state index in [2.05, 4.69) is 50.0 Å². The maximum atomic E-state index is 15.1. The lowest BCUT2D eigenvalue weighted by molar-refractivity contribution is -0.136. The Morgan fingerprint density at radius 1 is 1.07 bits per heavy atom. The number of aryl methyl sites for hydroxylation is 1. The first-order valence-corrected chi connectivity index (χ1v) is 15.1. The number of hydrogen-bond donors (Lipinski definition) is 1. The van der Waals surface area contributed by atoms with Crippen LogP contribution in [0.4, 0.5) is 4.39 Å². The quantitative estimate of drug-likeness (QED) is 0.386. The summed E-state index contributed by atoms with van der Waals surface area (Å²) in [6, 6.07) is 8.86. The van der Waals surface area contributed by atoms with Crippen LogP contribution in [0.3, 0.4) is 0 Å². The van der Waals surface area contributed by atoms with Gasteiger partial charge in [-0.1, -0.05) is 42.3 Å². The van der Waals surface area contributed by atoms with E-state index in [1.807, 2.05) is 11.8 Å². The molecule has 2 unspecified atom stereocenters. The summed E-state index contributed by atoms with van der Waals surface area (Å²) < 4.78 is 15.1. The van der Waals surface area contributed by atoms with Crippen LogP contribution in [0.5, 0.6) is 0 Å². The first-order chi connectivity index (χ1) is 18.8. The number of nitrogens with zero attached hydrogens (tertiary/aromatic N) is 2. The van der Waals surface area contributed by atoms with Crippen molar-refractivity contribution in [3.63, 3.8) is 0 Å². The molecule has 218 valence electrons. The Morgan fingerprint density at radius 3 is 2.33 bits per heavy atom. The zero-order valence-electron chi connectivity index (χ0n) is 24.5. The minimum atomic E-state index is -0.349. The van der Waals surface area contributed by atoms with Gasteiger partial charge in [0.25, 0.3) is 0 Å². The predicted octanol–water partition coefficient (Wildman–Crippen LogP) is 7.25. The lowest BCUT2D eigenvalue weighted by Gasteiger charge is -2.36. The average Bonchev–Trinajstić information content (AvgIpc) is 3.34. The van der Waals surface area contributed by atoms with E-state index in [0.29, 0.717) is 36.8 Å². The van der Waals surface area contributed by atoms with Crippen molar-refractivity contribution in [3.05, 3.63) is 68.4 Å². The molecule has 0 aliphatic carbocycles. The number of carbonyl (C=O) groups excluding carboxylic acids is 2. The largest absolute Gasteiger partial charge is 0.350 e. The Morgan fingerprint density at radius 2 is 1.75 bits per heavy atom. The van der Waals surface area contributed by atoms with Gasteiger partial charge in [-0.3, -0.25) is 14.5 Å². The molecule has 0 saturated carbocycles. The minimum absolute atomic E-state index is 0.0571. The third kappa shape index (κ3) is 6.66. The van der Waals surface area contributed by atoms with Crippen LogP contribution in [-0.4, -0.2) is 53.3 Å². The highest BCUT2D eigenvalue weighted by molar-refractivity contribution is 6.31. The summed E-state index contributed by atoms with van der Waals surface area (Å²) in [6.45, 7) is 14.5. The highest BCUT2D eigenvalue weighted by atomic mass is 35.5. The molecule has 2 amide bonds. The van der Waals surface area contributed by atoms with Gasteiger partial charge in [0.05, 0.1) is 12.0 Å². The maximum absolute atomic E-state index is 15.1. The highest BCUT2D eigenvalue weighted by Crippen LogP contribution is 2.41. The molecule has 2 aromatic carbocycles. The summed E-state index contributed by atoms with van der Waals surface area (Å²) in [6.07, 6.45) is 2.40. The molecule has 3 atom stereocenters. The van der Waals surface area contributed by atoms with Gasteiger partial charge in [0.2, 0.25) is 11.8 Å². The summed E-state index contributed by atoms with van der Waals surface area (Å²) in [5.41, 5.74) is 3.69. The van der Waals surface area contributed by atoms with E-state index in [4.69, 9.17) is 23.2 Å². The smallest absolute Gasteiger partial charge is 0.227 e. The summed E-state index contributed by atoms with van der Waals surface area (Å²) in [7, 11) is 0. The lowest BCUT2D eigenvalue weighted by atomic mass is 9.82. The van der Waals surface area contributed by atoms with E-state index >= 15 is 4.39 Å². The Labute approximate surface area is 248 Å². The second-order valence-electron chi connectivity index (χ2n) is 12.4. The number of hydrogen-bond acceptors (Lipinski definition) is 3. The standard InChI is InChI=1S/C32H42Cl2FN3O2/c1-7-30(36-20(3)39)25-14-19(2)28(34)16-24(25)21-10-12-37(13-11-21)31(40)27-18-38(32(4,5)6)17-26(27)23-9-8-22(33)15-29(23)35/h8-9,14-16,21,26-27,30H,7,10-13,17-18H2,1-6H3,(H,36,39)/t26-,27?,30?/m0/s1. The van der Waals surface area contributed by atoms with Crippen LogP contribution in [0.2, 0.25) is 10.0 Å². The summed E-state index contributed by atoms with van der Waals surface area (Å²) >= 11 is 12.6. The second kappa shape index (κ2) is 12.4.